The minimum Gasteiger partial charge on any atom is -0.479 e. The van der Waals surface area contributed by atoms with Gasteiger partial charge in [-0.1, -0.05) is 0 Å². The standard InChI is InChI=1S/C8H13NO6/c9-3-1-4(2-3)15-8(14)6(11)5(10)7(12)13/h3-6,10-11H,1-2,9H2,(H,12,13)/t3?,4?,5-,6-/m1/s1. The van der Waals surface area contributed by atoms with Crippen LogP contribution in [0.4, 0.5) is 0 Å². The van der Waals surface area contributed by atoms with Crippen LogP contribution in [0.5, 0.6) is 0 Å². The van der Waals surface area contributed by atoms with E-state index in [0.29, 0.717) is 12.8 Å². The van der Waals surface area contributed by atoms with Crippen LogP contribution in [0.2, 0.25) is 0 Å². The molecule has 2 atom stereocenters. The molecule has 0 bridgehead atoms. The Kier molecular flexibility index (Phi) is 3.61. The van der Waals surface area contributed by atoms with Gasteiger partial charge in [-0.2, -0.15) is 0 Å². The van der Waals surface area contributed by atoms with E-state index in [2.05, 4.69) is 0 Å². The molecule has 0 saturated heterocycles. The van der Waals surface area contributed by atoms with Crippen molar-refractivity contribution in [3.8, 4) is 0 Å². The summed E-state index contributed by atoms with van der Waals surface area (Å²) in [4.78, 5) is 21.3. The number of carboxylic acid groups (broad SMARTS) is 1. The number of esters is 1. The van der Waals surface area contributed by atoms with Gasteiger partial charge in [0.25, 0.3) is 0 Å². The summed E-state index contributed by atoms with van der Waals surface area (Å²) < 4.78 is 4.70. The first-order valence-electron chi connectivity index (χ1n) is 4.47. The minimum atomic E-state index is -2.16. The van der Waals surface area contributed by atoms with Gasteiger partial charge in [0.15, 0.2) is 12.2 Å². The molecule has 0 unspecified atom stereocenters. The Bertz CT molecular complexity index is 262. The number of aliphatic hydroxyl groups is 2. The number of carboxylic acids is 1. The molecular formula is C8H13NO6. The SMILES string of the molecule is NC1CC(OC(=O)[C@H](O)[C@@H](O)C(=O)O)C1. The van der Waals surface area contributed by atoms with Crippen molar-refractivity contribution in [2.24, 2.45) is 5.73 Å². The molecule has 0 amide bonds. The molecule has 0 radical (unpaired) electrons. The highest BCUT2D eigenvalue weighted by Crippen LogP contribution is 2.21. The highest BCUT2D eigenvalue weighted by atomic mass is 16.6. The van der Waals surface area contributed by atoms with Gasteiger partial charge in [-0.3, -0.25) is 0 Å². The van der Waals surface area contributed by atoms with Crippen molar-refractivity contribution < 1.29 is 29.6 Å². The van der Waals surface area contributed by atoms with Crippen LogP contribution in [0.3, 0.4) is 0 Å². The predicted molar refractivity (Wildman–Crippen MR) is 46.7 cm³/mol. The lowest BCUT2D eigenvalue weighted by atomic mass is 9.90. The van der Waals surface area contributed by atoms with Crippen LogP contribution in [-0.4, -0.2) is 51.6 Å². The van der Waals surface area contributed by atoms with Crippen LogP contribution in [0, 0.1) is 0 Å². The summed E-state index contributed by atoms with van der Waals surface area (Å²) >= 11 is 0. The maximum absolute atomic E-state index is 11.1. The molecule has 0 aromatic heterocycles. The molecule has 0 aromatic rings. The molecule has 0 heterocycles. The van der Waals surface area contributed by atoms with Gasteiger partial charge in [-0.25, -0.2) is 9.59 Å². The quantitative estimate of drug-likeness (QED) is 0.395. The Balaban J connectivity index is 2.36. The lowest BCUT2D eigenvalue weighted by molar-refractivity contribution is -0.176. The number of hydrogen-bond donors (Lipinski definition) is 4. The Labute approximate surface area is 85.4 Å². The van der Waals surface area contributed by atoms with E-state index in [1.54, 1.807) is 0 Å². The second-order valence-corrected chi connectivity index (χ2v) is 3.52. The Hall–Kier alpha value is -1.18. The largest absolute Gasteiger partial charge is 0.479 e. The number of ether oxygens (including phenoxy) is 1. The van der Waals surface area contributed by atoms with Gasteiger partial charge in [0, 0.05) is 6.04 Å². The fraction of sp³-hybridized carbons (Fsp3) is 0.750. The van der Waals surface area contributed by atoms with Gasteiger partial charge >= 0.3 is 11.9 Å². The first-order valence-corrected chi connectivity index (χ1v) is 4.47. The molecule has 0 aliphatic heterocycles. The number of aliphatic carboxylic acids is 1. The topological polar surface area (TPSA) is 130 Å². The third-order valence-corrected chi connectivity index (χ3v) is 2.21. The van der Waals surface area contributed by atoms with Gasteiger partial charge in [-0.15, -0.1) is 0 Å². The van der Waals surface area contributed by atoms with Crippen LogP contribution >= 0.6 is 0 Å². The molecule has 7 nitrogen and oxygen atoms in total. The molecule has 5 N–H and O–H groups in total. The van der Waals surface area contributed by atoms with Gasteiger partial charge < -0.3 is 25.8 Å². The molecule has 0 aromatic carbocycles. The molecule has 1 rings (SSSR count). The van der Waals surface area contributed by atoms with Crippen molar-refractivity contribution in [2.45, 2.75) is 37.2 Å². The second-order valence-electron chi connectivity index (χ2n) is 3.52. The third kappa shape index (κ3) is 2.88. The average Bonchev–Trinajstić information content (AvgIpc) is 2.12. The van der Waals surface area contributed by atoms with E-state index >= 15 is 0 Å². The minimum absolute atomic E-state index is 0.0238. The lowest BCUT2D eigenvalue weighted by Gasteiger charge is -2.32. The maximum atomic E-state index is 11.1. The predicted octanol–water partition coefficient (Wildman–Crippen LogP) is -2.17. The third-order valence-electron chi connectivity index (χ3n) is 2.21. The summed E-state index contributed by atoms with van der Waals surface area (Å²) in [7, 11) is 0. The van der Waals surface area contributed by atoms with Crippen molar-refractivity contribution in [1.29, 1.82) is 0 Å². The zero-order valence-corrected chi connectivity index (χ0v) is 7.87. The van der Waals surface area contributed by atoms with Crippen LogP contribution < -0.4 is 5.73 Å². The van der Waals surface area contributed by atoms with Crippen molar-refractivity contribution in [1.82, 2.24) is 0 Å². The van der Waals surface area contributed by atoms with Crippen molar-refractivity contribution in [3.63, 3.8) is 0 Å². The van der Waals surface area contributed by atoms with Crippen LogP contribution in [0.15, 0.2) is 0 Å². The second kappa shape index (κ2) is 4.56. The van der Waals surface area contributed by atoms with E-state index in [1.165, 1.54) is 0 Å². The fourth-order valence-electron chi connectivity index (χ4n) is 1.20. The zero-order valence-electron chi connectivity index (χ0n) is 7.87. The Morgan fingerprint density at radius 3 is 2.20 bits per heavy atom. The summed E-state index contributed by atoms with van der Waals surface area (Å²) in [6.07, 6.45) is -3.63. The van der Waals surface area contributed by atoms with Crippen molar-refractivity contribution >= 4 is 11.9 Å². The van der Waals surface area contributed by atoms with E-state index in [0.717, 1.165) is 0 Å². The van der Waals surface area contributed by atoms with Crippen LogP contribution in [0.1, 0.15) is 12.8 Å². The normalized spacial score (nSPS) is 28.7. The van der Waals surface area contributed by atoms with Crippen LogP contribution in [0.25, 0.3) is 0 Å². The summed E-state index contributed by atoms with van der Waals surface area (Å²) in [6.45, 7) is 0. The van der Waals surface area contributed by atoms with E-state index in [4.69, 9.17) is 25.8 Å². The van der Waals surface area contributed by atoms with Gasteiger partial charge in [-0.05, 0) is 12.8 Å². The number of nitrogens with two attached hydrogens (primary N) is 1. The van der Waals surface area contributed by atoms with E-state index in [1.807, 2.05) is 0 Å². The summed E-state index contributed by atoms with van der Waals surface area (Å²) in [5.74, 6) is -2.81. The fourth-order valence-corrected chi connectivity index (χ4v) is 1.20. The molecule has 15 heavy (non-hydrogen) atoms. The molecule has 86 valence electrons. The molecule has 0 spiro atoms. The number of rotatable bonds is 4. The van der Waals surface area contributed by atoms with Gasteiger partial charge in [0.1, 0.15) is 6.10 Å². The molecular weight excluding hydrogens is 206 g/mol. The van der Waals surface area contributed by atoms with Gasteiger partial charge in [0.05, 0.1) is 0 Å². The first kappa shape index (κ1) is 11.9. The molecule has 1 aliphatic rings. The summed E-state index contributed by atoms with van der Waals surface area (Å²) in [5.41, 5.74) is 5.43. The van der Waals surface area contributed by atoms with Crippen molar-refractivity contribution in [2.75, 3.05) is 0 Å². The summed E-state index contributed by atoms with van der Waals surface area (Å²) in [5, 5.41) is 26.2. The Morgan fingerprint density at radius 2 is 1.80 bits per heavy atom. The summed E-state index contributed by atoms with van der Waals surface area (Å²) in [6, 6.07) is -0.0238. The highest BCUT2D eigenvalue weighted by Gasteiger charge is 2.36. The molecule has 1 saturated carbocycles. The smallest absolute Gasteiger partial charge is 0.338 e. The van der Waals surface area contributed by atoms with E-state index in [9.17, 15) is 9.59 Å². The lowest BCUT2D eigenvalue weighted by Crippen LogP contribution is -2.47. The number of carbonyl (C=O) groups is 2. The van der Waals surface area contributed by atoms with Crippen molar-refractivity contribution in [3.05, 3.63) is 0 Å². The molecule has 1 fully saturated rings. The van der Waals surface area contributed by atoms with E-state index < -0.39 is 24.1 Å². The van der Waals surface area contributed by atoms with E-state index in [-0.39, 0.29) is 12.1 Å². The maximum Gasteiger partial charge on any atom is 0.338 e. The molecule has 1 aliphatic carbocycles. The number of aliphatic hydroxyl groups excluding tert-OH is 2. The highest BCUT2D eigenvalue weighted by molar-refractivity contribution is 5.84. The van der Waals surface area contributed by atoms with Crippen LogP contribution in [-0.2, 0) is 14.3 Å². The monoisotopic (exact) mass is 219 g/mol. The van der Waals surface area contributed by atoms with Gasteiger partial charge in [0.2, 0.25) is 0 Å². The Morgan fingerprint density at radius 1 is 1.27 bits per heavy atom. The first-order chi connectivity index (χ1) is 6.91. The zero-order chi connectivity index (χ0) is 11.6. The molecule has 7 heteroatoms. The number of hydrogen-bond acceptors (Lipinski definition) is 6. The number of carbonyl (C=O) groups excluding carboxylic acids is 1. The average molecular weight is 219 g/mol.